The number of fused-ring (bicyclic) bond motifs is 1. The van der Waals surface area contributed by atoms with Crippen molar-refractivity contribution >= 4 is 33.1 Å². The van der Waals surface area contributed by atoms with E-state index >= 15 is 0 Å². The van der Waals surface area contributed by atoms with Crippen LogP contribution in [0.3, 0.4) is 0 Å². The molecule has 0 radical (unpaired) electrons. The summed E-state index contributed by atoms with van der Waals surface area (Å²) < 4.78 is 3.50. The van der Waals surface area contributed by atoms with Crippen LogP contribution in [-0.2, 0) is 20.0 Å². The first-order valence-corrected chi connectivity index (χ1v) is 12.2. The molecule has 0 spiro atoms. The Labute approximate surface area is 206 Å². The molecule has 0 aliphatic rings. The molecule has 1 amide bonds. The van der Waals surface area contributed by atoms with Crippen molar-refractivity contribution in [2.75, 3.05) is 5.32 Å². The van der Waals surface area contributed by atoms with E-state index in [2.05, 4.69) is 64.1 Å². The van der Waals surface area contributed by atoms with Crippen molar-refractivity contribution in [3.63, 3.8) is 0 Å². The predicted octanol–water partition coefficient (Wildman–Crippen LogP) is 4.97. The third-order valence-corrected chi connectivity index (χ3v) is 6.97. The highest BCUT2D eigenvalue weighted by molar-refractivity contribution is 7.14. The number of carbonyl (C=O) groups excluding carboxylic acids is 1. The topological polar surface area (TPSA) is 81.8 Å². The zero-order valence-corrected chi connectivity index (χ0v) is 20.6. The molecule has 0 fully saturated rings. The van der Waals surface area contributed by atoms with Crippen molar-refractivity contribution in [1.29, 1.82) is 0 Å². The maximum atomic E-state index is 13.1. The van der Waals surface area contributed by atoms with Crippen molar-refractivity contribution in [2.24, 2.45) is 7.05 Å². The minimum atomic E-state index is -0.397. The molecule has 0 aliphatic carbocycles. The molecular formula is C27H25N5O2S. The van der Waals surface area contributed by atoms with Crippen LogP contribution in [0.1, 0.15) is 27.4 Å². The summed E-state index contributed by atoms with van der Waals surface area (Å²) in [5.74, 6) is -0.397. The molecule has 35 heavy (non-hydrogen) atoms. The lowest BCUT2D eigenvalue weighted by Crippen LogP contribution is -2.25. The fourth-order valence-electron chi connectivity index (χ4n) is 4.37. The lowest BCUT2D eigenvalue weighted by atomic mass is 10.1. The summed E-state index contributed by atoms with van der Waals surface area (Å²) in [7, 11) is 1.54. The number of hydrogen-bond acceptors (Lipinski definition) is 5. The SMILES string of the molecule is Cc1cc(-c2csc(NC(=O)c3nn(C)c(=O)c4ccccc34)n2)c(C)n1CCc1ccccc1. The first-order chi connectivity index (χ1) is 16.9. The molecule has 1 N–H and O–H groups in total. The number of aromatic nitrogens is 4. The Morgan fingerprint density at radius 2 is 1.74 bits per heavy atom. The number of thiazole rings is 1. The van der Waals surface area contributed by atoms with Crippen molar-refractivity contribution < 1.29 is 4.79 Å². The number of aryl methyl sites for hydroxylation is 3. The molecule has 2 aromatic carbocycles. The number of amides is 1. The lowest BCUT2D eigenvalue weighted by molar-refractivity contribution is 0.102. The van der Waals surface area contributed by atoms with Crippen LogP contribution in [-0.4, -0.2) is 25.2 Å². The van der Waals surface area contributed by atoms with Crippen LogP contribution in [0.5, 0.6) is 0 Å². The average Bonchev–Trinajstić information content (AvgIpc) is 3.44. The molecule has 0 unspecified atom stereocenters. The molecule has 0 saturated carbocycles. The van der Waals surface area contributed by atoms with Gasteiger partial charge in [0.25, 0.3) is 11.5 Å². The van der Waals surface area contributed by atoms with E-state index < -0.39 is 5.91 Å². The maximum Gasteiger partial charge on any atom is 0.278 e. The van der Waals surface area contributed by atoms with Gasteiger partial charge in [-0.3, -0.25) is 14.9 Å². The second-order valence-corrected chi connectivity index (χ2v) is 9.35. The Bertz CT molecular complexity index is 1600. The Kier molecular flexibility index (Phi) is 6.05. The standard InChI is InChI=1S/C27H25N5O2S/c1-17-15-22(18(2)32(17)14-13-19-9-5-4-6-10-19)23-16-35-27(28-23)29-25(33)24-20-11-7-8-12-21(20)26(34)31(3)30-24/h4-12,15-16H,13-14H2,1-3H3,(H,28,29,33). The van der Waals surface area contributed by atoms with Gasteiger partial charge in [0.05, 0.1) is 11.1 Å². The fourth-order valence-corrected chi connectivity index (χ4v) is 5.07. The van der Waals surface area contributed by atoms with Crippen LogP contribution in [0, 0.1) is 13.8 Å². The molecule has 5 rings (SSSR count). The third kappa shape index (κ3) is 4.40. The highest BCUT2D eigenvalue weighted by Crippen LogP contribution is 2.30. The third-order valence-electron chi connectivity index (χ3n) is 6.21. The van der Waals surface area contributed by atoms with Gasteiger partial charge in [-0.25, -0.2) is 9.67 Å². The van der Waals surface area contributed by atoms with Gasteiger partial charge in [0.15, 0.2) is 10.8 Å². The molecule has 3 heterocycles. The van der Waals surface area contributed by atoms with E-state index in [4.69, 9.17) is 0 Å². The number of anilines is 1. The van der Waals surface area contributed by atoms with Gasteiger partial charge in [0, 0.05) is 41.3 Å². The Morgan fingerprint density at radius 3 is 2.51 bits per heavy atom. The van der Waals surface area contributed by atoms with Gasteiger partial charge in [-0.05, 0) is 38.0 Å². The van der Waals surface area contributed by atoms with Gasteiger partial charge in [0.2, 0.25) is 0 Å². The van der Waals surface area contributed by atoms with Crippen LogP contribution < -0.4 is 10.9 Å². The van der Waals surface area contributed by atoms with Crippen molar-refractivity contribution in [3.05, 3.63) is 99.0 Å². The molecule has 0 atom stereocenters. The monoisotopic (exact) mass is 483 g/mol. The van der Waals surface area contributed by atoms with E-state index in [1.165, 1.54) is 27.3 Å². The molecule has 3 aromatic heterocycles. The van der Waals surface area contributed by atoms with Gasteiger partial charge in [0.1, 0.15) is 0 Å². The van der Waals surface area contributed by atoms with Crippen LogP contribution in [0.4, 0.5) is 5.13 Å². The summed E-state index contributed by atoms with van der Waals surface area (Å²) in [6.45, 7) is 5.10. The molecule has 8 heteroatoms. The minimum absolute atomic E-state index is 0.193. The summed E-state index contributed by atoms with van der Waals surface area (Å²) in [6, 6.07) is 19.6. The van der Waals surface area contributed by atoms with E-state index in [-0.39, 0.29) is 11.3 Å². The summed E-state index contributed by atoms with van der Waals surface area (Å²) in [4.78, 5) is 30.1. The number of carbonyl (C=O) groups is 1. The molecule has 5 aromatic rings. The number of rotatable bonds is 6. The van der Waals surface area contributed by atoms with Gasteiger partial charge in [-0.1, -0.05) is 48.5 Å². The zero-order chi connectivity index (χ0) is 24.5. The van der Waals surface area contributed by atoms with Gasteiger partial charge in [-0.2, -0.15) is 5.10 Å². The zero-order valence-electron chi connectivity index (χ0n) is 19.8. The van der Waals surface area contributed by atoms with E-state index in [9.17, 15) is 9.59 Å². The number of nitrogens with zero attached hydrogens (tertiary/aromatic N) is 4. The molecular weight excluding hydrogens is 458 g/mol. The molecule has 0 bridgehead atoms. The summed E-state index contributed by atoms with van der Waals surface area (Å²) in [5.41, 5.74) is 5.45. The maximum absolute atomic E-state index is 13.1. The Hall–Kier alpha value is -4.04. The highest BCUT2D eigenvalue weighted by atomic mass is 32.1. The summed E-state index contributed by atoms with van der Waals surface area (Å²) in [6.07, 6.45) is 0.954. The van der Waals surface area contributed by atoms with E-state index in [1.807, 2.05) is 11.4 Å². The lowest BCUT2D eigenvalue weighted by Gasteiger charge is -2.10. The molecule has 176 valence electrons. The minimum Gasteiger partial charge on any atom is -0.348 e. The largest absolute Gasteiger partial charge is 0.348 e. The predicted molar refractivity (Wildman–Crippen MR) is 140 cm³/mol. The number of benzene rings is 2. The van der Waals surface area contributed by atoms with Crippen molar-refractivity contribution in [2.45, 2.75) is 26.8 Å². The quantitative estimate of drug-likeness (QED) is 0.370. The van der Waals surface area contributed by atoms with Crippen molar-refractivity contribution in [3.8, 4) is 11.3 Å². The van der Waals surface area contributed by atoms with Gasteiger partial charge < -0.3 is 4.57 Å². The second-order valence-electron chi connectivity index (χ2n) is 8.49. The van der Waals surface area contributed by atoms with Crippen molar-refractivity contribution in [1.82, 2.24) is 19.3 Å². The average molecular weight is 484 g/mol. The molecule has 7 nitrogen and oxygen atoms in total. The summed E-state index contributed by atoms with van der Waals surface area (Å²) >= 11 is 1.37. The highest BCUT2D eigenvalue weighted by Gasteiger charge is 2.18. The summed E-state index contributed by atoms with van der Waals surface area (Å²) in [5, 5.41) is 10.5. The van der Waals surface area contributed by atoms with Gasteiger partial charge >= 0.3 is 0 Å². The van der Waals surface area contributed by atoms with E-state index in [1.54, 1.807) is 31.3 Å². The molecule has 0 aliphatic heterocycles. The number of nitrogens with one attached hydrogen (secondary N) is 1. The smallest absolute Gasteiger partial charge is 0.278 e. The van der Waals surface area contributed by atoms with Crippen LogP contribution >= 0.6 is 11.3 Å². The van der Waals surface area contributed by atoms with Gasteiger partial charge in [-0.15, -0.1) is 11.3 Å². The van der Waals surface area contributed by atoms with Crippen LogP contribution in [0.2, 0.25) is 0 Å². The fraction of sp³-hybridized carbons (Fsp3) is 0.185. The van der Waals surface area contributed by atoms with Crippen LogP contribution in [0.15, 0.2) is 70.8 Å². The van der Waals surface area contributed by atoms with E-state index in [0.717, 1.165) is 29.9 Å². The Balaban J connectivity index is 1.38. The first kappa shape index (κ1) is 22.7. The molecule has 0 saturated heterocycles. The van der Waals surface area contributed by atoms with Crippen LogP contribution in [0.25, 0.3) is 22.0 Å². The second kappa shape index (κ2) is 9.31. The first-order valence-electron chi connectivity index (χ1n) is 11.4. The normalized spacial score (nSPS) is 11.2. The Morgan fingerprint density at radius 1 is 1.03 bits per heavy atom. The number of hydrogen-bond donors (Lipinski definition) is 1. The van der Waals surface area contributed by atoms with E-state index in [0.29, 0.717) is 15.9 Å².